The maximum Gasteiger partial charge on any atom is -0.00209 e. The second-order valence-corrected chi connectivity index (χ2v) is 7.08. The van der Waals surface area contributed by atoms with Crippen LogP contribution in [0, 0.1) is 17.8 Å². The van der Waals surface area contributed by atoms with Crippen LogP contribution < -0.4 is 5.32 Å². The van der Waals surface area contributed by atoms with E-state index in [4.69, 9.17) is 0 Å². The molecule has 0 heterocycles. The first-order valence-corrected chi connectivity index (χ1v) is 9.46. The minimum Gasteiger partial charge on any atom is -0.319 e. The van der Waals surface area contributed by atoms with Gasteiger partial charge < -0.3 is 5.32 Å². The van der Waals surface area contributed by atoms with Crippen LogP contribution in [0.3, 0.4) is 0 Å². The molecule has 3 unspecified atom stereocenters. The third-order valence-corrected chi connectivity index (χ3v) is 5.47. The first-order chi connectivity index (χ1) is 9.81. The smallest absolute Gasteiger partial charge is 0.00209 e. The van der Waals surface area contributed by atoms with Crippen molar-refractivity contribution in [2.75, 3.05) is 13.6 Å². The van der Waals surface area contributed by atoms with Gasteiger partial charge in [0.1, 0.15) is 0 Å². The average Bonchev–Trinajstić information content (AvgIpc) is 2.48. The molecule has 1 nitrogen and oxygen atoms in total. The van der Waals surface area contributed by atoms with Gasteiger partial charge in [-0.2, -0.15) is 0 Å². The second-order valence-electron chi connectivity index (χ2n) is 7.08. The SMILES string of the molecule is CCCCCCCCCC1CC(CC)CCC1CNC. The zero-order valence-corrected chi connectivity index (χ0v) is 14.4. The molecule has 1 fully saturated rings. The molecule has 0 aliphatic heterocycles. The van der Waals surface area contributed by atoms with Crippen LogP contribution in [0.1, 0.15) is 90.9 Å². The number of unbranched alkanes of at least 4 members (excludes halogenated alkanes) is 6. The van der Waals surface area contributed by atoms with Crippen molar-refractivity contribution in [3.63, 3.8) is 0 Å². The van der Waals surface area contributed by atoms with E-state index >= 15 is 0 Å². The summed E-state index contributed by atoms with van der Waals surface area (Å²) in [6.45, 7) is 5.93. The molecule has 1 saturated carbocycles. The van der Waals surface area contributed by atoms with Crippen LogP contribution in [0.2, 0.25) is 0 Å². The van der Waals surface area contributed by atoms with E-state index in [-0.39, 0.29) is 0 Å². The molecule has 120 valence electrons. The molecule has 1 N–H and O–H groups in total. The molecule has 0 amide bonds. The van der Waals surface area contributed by atoms with Gasteiger partial charge in [-0.25, -0.2) is 0 Å². The van der Waals surface area contributed by atoms with E-state index in [0.29, 0.717) is 0 Å². The molecule has 1 heteroatoms. The quantitative estimate of drug-likeness (QED) is 0.473. The topological polar surface area (TPSA) is 12.0 Å². The molecule has 1 aliphatic rings. The van der Waals surface area contributed by atoms with Gasteiger partial charge in [-0.1, -0.05) is 78.1 Å². The Labute approximate surface area is 128 Å². The normalized spacial score (nSPS) is 26.9. The number of nitrogens with one attached hydrogen (secondary N) is 1. The summed E-state index contributed by atoms with van der Waals surface area (Å²) in [5, 5.41) is 3.42. The van der Waals surface area contributed by atoms with Crippen molar-refractivity contribution < 1.29 is 0 Å². The predicted octanol–water partition coefficient (Wildman–Crippen LogP) is 5.79. The maximum absolute atomic E-state index is 3.42. The Kier molecular flexibility index (Phi) is 10.4. The standard InChI is InChI=1S/C19H39N/c1-4-6-7-8-9-10-11-12-18-15-17(5-2)13-14-19(18)16-20-3/h17-20H,4-16H2,1-3H3. The van der Waals surface area contributed by atoms with Crippen LogP contribution in [0.25, 0.3) is 0 Å². The molecule has 0 aromatic heterocycles. The number of rotatable bonds is 11. The summed E-state index contributed by atoms with van der Waals surface area (Å²) in [6.07, 6.45) is 17.5. The largest absolute Gasteiger partial charge is 0.319 e. The minimum absolute atomic E-state index is 0.961. The highest BCUT2D eigenvalue weighted by Crippen LogP contribution is 2.38. The Balaban J connectivity index is 2.16. The fourth-order valence-corrected chi connectivity index (χ4v) is 4.04. The molecule has 0 aromatic rings. The Morgan fingerprint density at radius 2 is 1.55 bits per heavy atom. The maximum atomic E-state index is 3.42. The average molecular weight is 282 g/mol. The fourth-order valence-electron chi connectivity index (χ4n) is 4.04. The molecule has 20 heavy (non-hydrogen) atoms. The van der Waals surface area contributed by atoms with Crippen LogP contribution in [0.15, 0.2) is 0 Å². The lowest BCUT2D eigenvalue weighted by molar-refractivity contribution is 0.162. The van der Waals surface area contributed by atoms with Crippen molar-refractivity contribution >= 4 is 0 Å². The molecular formula is C19H39N. The highest BCUT2D eigenvalue weighted by molar-refractivity contribution is 4.80. The Hall–Kier alpha value is -0.0400. The molecular weight excluding hydrogens is 242 g/mol. The summed E-state index contributed by atoms with van der Waals surface area (Å²) in [7, 11) is 2.12. The lowest BCUT2D eigenvalue weighted by Gasteiger charge is -2.36. The fraction of sp³-hybridized carbons (Fsp3) is 1.00. The van der Waals surface area contributed by atoms with Gasteiger partial charge in [0, 0.05) is 0 Å². The Morgan fingerprint density at radius 1 is 0.850 bits per heavy atom. The molecule has 0 saturated heterocycles. The molecule has 0 radical (unpaired) electrons. The van der Waals surface area contributed by atoms with Gasteiger partial charge in [0.25, 0.3) is 0 Å². The summed E-state index contributed by atoms with van der Waals surface area (Å²) in [5.74, 6) is 3.00. The summed E-state index contributed by atoms with van der Waals surface area (Å²) in [4.78, 5) is 0. The van der Waals surface area contributed by atoms with Crippen LogP contribution in [0.4, 0.5) is 0 Å². The lowest BCUT2D eigenvalue weighted by Crippen LogP contribution is -2.31. The first kappa shape index (κ1) is 18.0. The summed E-state index contributed by atoms with van der Waals surface area (Å²) in [5.41, 5.74) is 0. The predicted molar refractivity (Wildman–Crippen MR) is 91.1 cm³/mol. The third-order valence-electron chi connectivity index (χ3n) is 5.47. The van der Waals surface area contributed by atoms with Gasteiger partial charge in [0.05, 0.1) is 0 Å². The van der Waals surface area contributed by atoms with Crippen molar-refractivity contribution in [3.8, 4) is 0 Å². The molecule has 3 atom stereocenters. The van der Waals surface area contributed by atoms with Crippen molar-refractivity contribution in [1.29, 1.82) is 0 Å². The van der Waals surface area contributed by atoms with Crippen LogP contribution in [0.5, 0.6) is 0 Å². The van der Waals surface area contributed by atoms with Crippen LogP contribution in [-0.2, 0) is 0 Å². The highest BCUT2D eigenvalue weighted by Gasteiger charge is 2.28. The zero-order valence-electron chi connectivity index (χ0n) is 14.4. The van der Waals surface area contributed by atoms with Crippen molar-refractivity contribution in [2.45, 2.75) is 90.9 Å². The summed E-state index contributed by atoms with van der Waals surface area (Å²) < 4.78 is 0. The van der Waals surface area contributed by atoms with Crippen molar-refractivity contribution in [2.24, 2.45) is 17.8 Å². The van der Waals surface area contributed by atoms with E-state index in [0.717, 1.165) is 17.8 Å². The number of hydrogen-bond acceptors (Lipinski definition) is 1. The molecule has 0 spiro atoms. The van der Waals surface area contributed by atoms with Gasteiger partial charge in [-0.05, 0) is 44.2 Å². The second kappa shape index (κ2) is 11.6. The minimum atomic E-state index is 0.961. The van der Waals surface area contributed by atoms with Gasteiger partial charge in [0.15, 0.2) is 0 Å². The van der Waals surface area contributed by atoms with Gasteiger partial charge >= 0.3 is 0 Å². The first-order valence-electron chi connectivity index (χ1n) is 9.46. The third kappa shape index (κ3) is 7.11. The van der Waals surface area contributed by atoms with Crippen molar-refractivity contribution in [1.82, 2.24) is 5.32 Å². The van der Waals surface area contributed by atoms with E-state index in [1.165, 1.54) is 83.6 Å². The molecule has 1 aliphatic carbocycles. The van der Waals surface area contributed by atoms with E-state index in [9.17, 15) is 0 Å². The van der Waals surface area contributed by atoms with Gasteiger partial charge in [0.2, 0.25) is 0 Å². The van der Waals surface area contributed by atoms with Gasteiger partial charge in [-0.3, -0.25) is 0 Å². The van der Waals surface area contributed by atoms with E-state index in [1.807, 2.05) is 0 Å². The monoisotopic (exact) mass is 281 g/mol. The Bertz CT molecular complexity index is 214. The highest BCUT2D eigenvalue weighted by atomic mass is 14.8. The summed E-state index contributed by atoms with van der Waals surface area (Å²) >= 11 is 0. The van der Waals surface area contributed by atoms with Gasteiger partial charge in [-0.15, -0.1) is 0 Å². The molecule has 0 bridgehead atoms. The van der Waals surface area contributed by atoms with Crippen molar-refractivity contribution in [3.05, 3.63) is 0 Å². The summed E-state index contributed by atoms with van der Waals surface area (Å²) in [6, 6.07) is 0. The number of hydrogen-bond donors (Lipinski definition) is 1. The van der Waals surface area contributed by atoms with Crippen LogP contribution in [-0.4, -0.2) is 13.6 Å². The van der Waals surface area contributed by atoms with E-state index in [1.54, 1.807) is 0 Å². The molecule has 0 aromatic carbocycles. The van der Waals surface area contributed by atoms with E-state index < -0.39 is 0 Å². The van der Waals surface area contributed by atoms with E-state index in [2.05, 4.69) is 26.2 Å². The Morgan fingerprint density at radius 3 is 2.20 bits per heavy atom. The van der Waals surface area contributed by atoms with Crippen LogP contribution >= 0.6 is 0 Å². The molecule has 1 rings (SSSR count). The zero-order chi connectivity index (χ0) is 14.6. The lowest BCUT2D eigenvalue weighted by atomic mass is 9.71.